The number of aryl methyl sites for hydroxylation is 1. The number of rotatable bonds is 6. The van der Waals surface area contributed by atoms with Crippen molar-refractivity contribution in [2.75, 3.05) is 7.11 Å². The second-order valence-electron chi connectivity index (χ2n) is 5.36. The molecule has 0 spiro atoms. The van der Waals surface area contributed by atoms with Gasteiger partial charge in [-0.15, -0.1) is 5.10 Å². The Kier molecular flexibility index (Phi) is 5.41. The van der Waals surface area contributed by atoms with Crippen LogP contribution in [0.2, 0.25) is 0 Å². The lowest BCUT2D eigenvalue weighted by molar-refractivity contribution is -0.131. The van der Waals surface area contributed by atoms with Crippen LogP contribution in [0.5, 0.6) is 0 Å². The predicted molar refractivity (Wildman–Crippen MR) is 98.1 cm³/mol. The average molecular weight is 385 g/mol. The number of hydrogen-bond acceptors (Lipinski definition) is 7. The highest BCUT2D eigenvalue weighted by atomic mass is 32.2. The van der Waals surface area contributed by atoms with Crippen LogP contribution in [0.15, 0.2) is 50.9 Å². The molecule has 3 aromatic rings. The number of aromatic amines is 1. The van der Waals surface area contributed by atoms with Gasteiger partial charge in [0.15, 0.2) is 0 Å². The molecule has 8 nitrogen and oxygen atoms in total. The van der Waals surface area contributed by atoms with Gasteiger partial charge in [-0.1, -0.05) is 18.2 Å². The van der Waals surface area contributed by atoms with Crippen molar-refractivity contribution in [2.24, 2.45) is 0 Å². The Hall–Kier alpha value is -3.33. The van der Waals surface area contributed by atoms with Gasteiger partial charge in [-0.2, -0.15) is 0 Å². The first kappa shape index (κ1) is 18.5. The molecule has 138 valence electrons. The summed E-state index contributed by atoms with van der Waals surface area (Å²) in [6.45, 7) is 1.72. The van der Waals surface area contributed by atoms with Crippen molar-refractivity contribution in [2.45, 2.75) is 12.1 Å². The quantitative estimate of drug-likeness (QED) is 0.377. The highest BCUT2D eigenvalue weighted by Crippen LogP contribution is 2.30. The first-order chi connectivity index (χ1) is 13.0. The summed E-state index contributed by atoms with van der Waals surface area (Å²) in [5, 5.41) is 16.3. The molecule has 3 rings (SSSR count). The first-order valence-electron chi connectivity index (χ1n) is 7.77. The molecule has 2 N–H and O–H groups in total. The molecule has 0 saturated carbocycles. The van der Waals surface area contributed by atoms with Gasteiger partial charge in [-0.3, -0.25) is 5.10 Å². The number of nitrogens with zero attached hydrogens (tertiary/aromatic N) is 2. The maximum atomic E-state index is 11.9. The number of benzene rings is 1. The third kappa shape index (κ3) is 4.26. The number of thioether (sulfide) groups is 1. The Balaban J connectivity index is 1.91. The van der Waals surface area contributed by atoms with Gasteiger partial charge in [0.05, 0.1) is 12.7 Å². The monoisotopic (exact) mass is 385 g/mol. The standard InChI is InChI=1S/C18H15N3O5S/c1-10-19-18(21-20-10)27-15(16(22)23)9-11-7-8-14(26-11)12-5-3-4-6-13(12)17(24)25-2/h3-9H,1-2H3,(H,22,23)(H,19,20,21). The number of nitrogens with one attached hydrogen (secondary N) is 1. The van der Waals surface area contributed by atoms with Gasteiger partial charge in [0.25, 0.3) is 0 Å². The van der Waals surface area contributed by atoms with E-state index in [2.05, 4.69) is 15.2 Å². The number of H-pyrrole nitrogens is 1. The number of carboxylic acids is 1. The van der Waals surface area contributed by atoms with Crippen LogP contribution >= 0.6 is 11.8 Å². The van der Waals surface area contributed by atoms with Gasteiger partial charge in [-0.05, 0) is 36.9 Å². The normalized spacial score (nSPS) is 11.4. The minimum Gasteiger partial charge on any atom is -0.477 e. The summed E-state index contributed by atoms with van der Waals surface area (Å²) in [4.78, 5) is 27.5. The van der Waals surface area contributed by atoms with Gasteiger partial charge < -0.3 is 14.3 Å². The number of hydrogen-bond donors (Lipinski definition) is 2. The number of carboxylic acid groups (broad SMARTS) is 1. The summed E-state index contributed by atoms with van der Waals surface area (Å²) in [5.41, 5.74) is 0.909. The number of aliphatic carboxylic acids is 1. The molecule has 0 aliphatic heterocycles. The minimum atomic E-state index is -1.13. The number of carbonyl (C=O) groups is 2. The third-order valence-corrected chi connectivity index (χ3v) is 4.36. The fourth-order valence-corrected chi connectivity index (χ4v) is 3.02. The van der Waals surface area contributed by atoms with E-state index in [1.807, 2.05) is 0 Å². The van der Waals surface area contributed by atoms with E-state index in [-0.39, 0.29) is 4.91 Å². The Morgan fingerprint density at radius 2 is 2.04 bits per heavy atom. The van der Waals surface area contributed by atoms with Gasteiger partial charge in [0, 0.05) is 11.6 Å². The fraction of sp³-hybridized carbons (Fsp3) is 0.111. The number of esters is 1. The van der Waals surface area contributed by atoms with E-state index in [1.54, 1.807) is 43.3 Å². The predicted octanol–water partition coefficient (Wildman–Crippen LogP) is 3.38. The number of aromatic nitrogens is 3. The average Bonchev–Trinajstić information content (AvgIpc) is 3.29. The molecule has 0 bridgehead atoms. The molecular formula is C18H15N3O5S. The van der Waals surface area contributed by atoms with Crippen LogP contribution in [0.25, 0.3) is 17.4 Å². The third-order valence-electron chi connectivity index (χ3n) is 3.49. The van der Waals surface area contributed by atoms with Crippen molar-refractivity contribution in [1.82, 2.24) is 15.2 Å². The second-order valence-corrected chi connectivity index (χ2v) is 6.37. The number of ether oxygens (including phenoxy) is 1. The van der Waals surface area contributed by atoms with E-state index >= 15 is 0 Å². The van der Waals surface area contributed by atoms with Gasteiger partial charge in [0.2, 0.25) is 5.16 Å². The summed E-state index contributed by atoms with van der Waals surface area (Å²) >= 11 is 0.903. The number of methoxy groups -OCH3 is 1. The molecule has 0 atom stereocenters. The molecule has 0 radical (unpaired) electrons. The topological polar surface area (TPSA) is 118 Å². The van der Waals surface area contributed by atoms with E-state index in [1.165, 1.54) is 13.2 Å². The zero-order chi connectivity index (χ0) is 19.4. The van der Waals surface area contributed by atoms with Crippen LogP contribution < -0.4 is 0 Å². The highest BCUT2D eigenvalue weighted by molar-refractivity contribution is 8.04. The first-order valence-corrected chi connectivity index (χ1v) is 8.59. The molecule has 0 unspecified atom stereocenters. The largest absolute Gasteiger partial charge is 0.477 e. The lowest BCUT2D eigenvalue weighted by atomic mass is 10.1. The van der Waals surface area contributed by atoms with Crippen LogP contribution in [0.3, 0.4) is 0 Å². The lowest BCUT2D eigenvalue weighted by Crippen LogP contribution is -2.02. The molecule has 2 heterocycles. The summed E-state index contributed by atoms with van der Waals surface area (Å²) in [6, 6.07) is 10.1. The maximum Gasteiger partial charge on any atom is 0.342 e. The molecule has 0 fully saturated rings. The van der Waals surface area contributed by atoms with E-state index in [9.17, 15) is 14.7 Å². The molecule has 9 heteroatoms. The van der Waals surface area contributed by atoms with Crippen LogP contribution in [-0.2, 0) is 9.53 Å². The molecule has 0 aliphatic rings. The fourth-order valence-electron chi connectivity index (χ4n) is 2.29. The summed E-state index contributed by atoms with van der Waals surface area (Å²) < 4.78 is 10.5. The van der Waals surface area contributed by atoms with Gasteiger partial charge >= 0.3 is 11.9 Å². The molecule has 1 aromatic carbocycles. The zero-order valence-electron chi connectivity index (χ0n) is 14.4. The van der Waals surface area contributed by atoms with Crippen molar-refractivity contribution in [1.29, 1.82) is 0 Å². The van der Waals surface area contributed by atoms with E-state index < -0.39 is 11.9 Å². The van der Waals surface area contributed by atoms with Gasteiger partial charge in [-0.25, -0.2) is 14.6 Å². The maximum absolute atomic E-state index is 11.9. The van der Waals surface area contributed by atoms with Crippen LogP contribution in [0.4, 0.5) is 0 Å². The Morgan fingerprint density at radius 3 is 2.70 bits per heavy atom. The number of furan rings is 1. The minimum absolute atomic E-state index is 0.00356. The Bertz CT molecular complexity index is 1020. The molecule has 0 saturated heterocycles. The SMILES string of the molecule is COC(=O)c1ccccc1-c1ccc(C=C(Sc2n[nH]c(C)n2)C(=O)O)o1. The Labute approximate surface area is 158 Å². The van der Waals surface area contributed by atoms with Crippen molar-refractivity contribution in [3.8, 4) is 11.3 Å². The molecule has 27 heavy (non-hydrogen) atoms. The van der Waals surface area contributed by atoms with Crippen LogP contribution in [0, 0.1) is 6.92 Å². The molecule has 0 amide bonds. The van der Waals surface area contributed by atoms with Gasteiger partial charge in [0.1, 0.15) is 22.3 Å². The summed E-state index contributed by atoms with van der Waals surface area (Å²) in [7, 11) is 1.30. The molecule has 2 aromatic heterocycles. The van der Waals surface area contributed by atoms with Crippen molar-refractivity contribution >= 4 is 29.8 Å². The lowest BCUT2D eigenvalue weighted by Gasteiger charge is -2.04. The van der Waals surface area contributed by atoms with E-state index in [0.717, 1.165) is 11.8 Å². The zero-order valence-corrected chi connectivity index (χ0v) is 15.2. The Morgan fingerprint density at radius 1 is 1.26 bits per heavy atom. The highest BCUT2D eigenvalue weighted by Gasteiger charge is 2.17. The molecule has 0 aliphatic carbocycles. The van der Waals surface area contributed by atoms with Crippen LogP contribution in [-0.4, -0.2) is 39.3 Å². The second kappa shape index (κ2) is 7.92. The smallest absolute Gasteiger partial charge is 0.342 e. The molecular weight excluding hydrogens is 370 g/mol. The van der Waals surface area contributed by atoms with Crippen LogP contribution in [0.1, 0.15) is 21.9 Å². The van der Waals surface area contributed by atoms with Crippen molar-refractivity contribution in [3.63, 3.8) is 0 Å². The summed E-state index contributed by atoms with van der Waals surface area (Å²) in [5.74, 6) is -0.286. The summed E-state index contributed by atoms with van der Waals surface area (Å²) in [6.07, 6.45) is 1.38. The van der Waals surface area contributed by atoms with E-state index in [4.69, 9.17) is 9.15 Å². The number of carbonyl (C=O) groups excluding carboxylic acids is 1. The van der Waals surface area contributed by atoms with Crippen molar-refractivity contribution in [3.05, 3.63) is 58.5 Å². The van der Waals surface area contributed by atoms with Crippen molar-refractivity contribution < 1.29 is 23.8 Å². The van der Waals surface area contributed by atoms with E-state index in [0.29, 0.717) is 33.6 Å².